The smallest absolute Gasteiger partial charge is 0.318 e. The second-order valence-corrected chi connectivity index (χ2v) is 6.31. The number of halogens is 1. The number of hydrogen-bond acceptors (Lipinski definition) is 1. The minimum atomic E-state index is -0.513. The van der Waals surface area contributed by atoms with E-state index in [4.69, 9.17) is 0 Å². The van der Waals surface area contributed by atoms with Crippen molar-refractivity contribution < 1.29 is 9.18 Å². The molecule has 1 aliphatic rings. The molecule has 0 aliphatic carbocycles. The van der Waals surface area contributed by atoms with E-state index in [2.05, 4.69) is 12.2 Å². The monoisotopic (exact) mass is 292 g/mol. The number of carbonyl (C=O) groups is 1. The number of rotatable bonds is 3. The van der Waals surface area contributed by atoms with Crippen molar-refractivity contribution in [1.82, 2.24) is 10.2 Å². The van der Waals surface area contributed by atoms with Crippen molar-refractivity contribution in [1.29, 1.82) is 0 Å². The Kier molecular flexibility index (Phi) is 4.86. The van der Waals surface area contributed by atoms with Gasteiger partial charge in [0, 0.05) is 12.6 Å². The number of urea groups is 1. The molecule has 0 bridgehead atoms. The molecule has 0 spiro atoms. The molecule has 0 aromatic heterocycles. The average molecular weight is 292 g/mol. The Hall–Kier alpha value is -1.58. The van der Waals surface area contributed by atoms with E-state index in [0.717, 1.165) is 31.4 Å². The maximum Gasteiger partial charge on any atom is 0.318 e. The van der Waals surface area contributed by atoms with Gasteiger partial charge in [-0.25, -0.2) is 9.18 Å². The van der Waals surface area contributed by atoms with Crippen LogP contribution in [0.4, 0.5) is 9.18 Å². The zero-order valence-electron chi connectivity index (χ0n) is 13.2. The summed E-state index contributed by atoms with van der Waals surface area (Å²) in [6, 6.07) is 6.63. The summed E-state index contributed by atoms with van der Waals surface area (Å²) in [6.45, 7) is 6.84. The van der Waals surface area contributed by atoms with Gasteiger partial charge in [-0.15, -0.1) is 0 Å². The fraction of sp³-hybridized carbons (Fsp3) is 0.588. The highest BCUT2D eigenvalue weighted by Crippen LogP contribution is 2.23. The number of likely N-dealkylation sites (tertiary alicyclic amines) is 1. The van der Waals surface area contributed by atoms with E-state index in [1.807, 2.05) is 18.7 Å². The third-order valence-electron chi connectivity index (χ3n) is 4.34. The van der Waals surface area contributed by atoms with Crippen molar-refractivity contribution in [3.8, 4) is 0 Å². The number of hydrogen-bond donors (Lipinski definition) is 1. The Labute approximate surface area is 126 Å². The summed E-state index contributed by atoms with van der Waals surface area (Å²) in [6.07, 6.45) is 4.34. The molecule has 0 radical (unpaired) electrons. The number of carbonyl (C=O) groups excluding carboxylic acids is 1. The maximum absolute atomic E-state index is 13.0. The van der Waals surface area contributed by atoms with Crippen LogP contribution in [0.5, 0.6) is 0 Å². The van der Waals surface area contributed by atoms with E-state index in [9.17, 15) is 9.18 Å². The molecule has 2 rings (SSSR count). The molecule has 1 aliphatic heterocycles. The van der Waals surface area contributed by atoms with Gasteiger partial charge < -0.3 is 10.2 Å². The van der Waals surface area contributed by atoms with Crippen molar-refractivity contribution >= 4 is 6.03 Å². The summed E-state index contributed by atoms with van der Waals surface area (Å²) in [5.41, 5.74) is 0.392. The molecule has 1 N–H and O–H groups in total. The van der Waals surface area contributed by atoms with Crippen LogP contribution in [-0.2, 0) is 5.54 Å². The van der Waals surface area contributed by atoms with Crippen molar-refractivity contribution in [2.45, 2.75) is 58.0 Å². The summed E-state index contributed by atoms with van der Waals surface area (Å²) in [4.78, 5) is 14.5. The molecule has 1 saturated heterocycles. The normalized spacial score (nSPS) is 19.4. The van der Waals surface area contributed by atoms with E-state index >= 15 is 0 Å². The lowest BCUT2D eigenvalue weighted by molar-refractivity contribution is 0.140. The topological polar surface area (TPSA) is 32.3 Å². The molecule has 116 valence electrons. The lowest BCUT2D eigenvalue weighted by Gasteiger charge is -2.38. The van der Waals surface area contributed by atoms with Gasteiger partial charge in [0.15, 0.2) is 0 Å². The predicted molar refractivity (Wildman–Crippen MR) is 82.6 cm³/mol. The minimum Gasteiger partial charge on any atom is -0.329 e. The standard InChI is InChI=1S/C17H25FN2O/c1-4-15-7-5-6-12-20(15)16(21)19-17(2,3)13-8-10-14(18)11-9-13/h8-11,15H,4-7,12H2,1-3H3,(H,19,21). The zero-order valence-corrected chi connectivity index (χ0v) is 13.2. The molecule has 3 nitrogen and oxygen atoms in total. The Morgan fingerprint density at radius 2 is 2.00 bits per heavy atom. The summed E-state index contributed by atoms with van der Waals surface area (Å²) in [5, 5.41) is 3.09. The van der Waals surface area contributed by atoms with Gasteiger partial charge in [0.25, 0.3) is 0 Å². The molecule has 1 heterocycles. The first kappa shape index (κ1) is 15.8. The average Bonchev–Trinajstić information content (AvgIpc) is 2.47. The van der Waals surface area contributed by atoms with Crippen molar-refractivity contribution in [3.63, 3.8) is 0 Å². The highest BCUT2D eigenvalue weighted by atomic mass is 19.1. The van der Waals surface area contributed by atoms with Gasteiger partial charge in [-0.2, -0.15) is 0 Å². The second kappa shape index (κ2) is 6.46. The highest BCUT2D eigenvalue weighted by Gasteiger charge is 2.30. The van der Waals surface area contributed by atoms with E-state index in [-0.39, 0.29) is 11.8 Å². The lowest BCUT2D eigenvalue weighted by Crippen LogP contribution is -2.53. The van der Waals surface area contributed by atoms with Crippen LogP contribution in [0.25, 0.3) is 0 Å². The van der Waals surface area contributed by atoms with Crippen LogP contribution >= 0.6 is 0 Å². The first-order valence-electron chi connectivity index (χ1n) is 7.79. The van der Waals surface area contributed by atoms with Gasteiger partial charge in [-0.05, 0) is 57.2 Å². The molecule has 0 saturated carbocycles. The van der Waals surface area contributed by atoms with E-state index in [1.165, 1.54) is 18.6 Å². The summed E-state index contributed by atoms with van der Waals surface area (Å²) >= 11 is 0. The molecule has 1 aromatic carbocycles. The Bertz CT molecular complexity index is 484. The third-order valence-corrected chi connectivity index (χ3v) is 4.34. The first-order valence-corrected chi connectivity index (χ1v) is 7.79. The quantitative estimate of drug-likeness (QED) is 0.896. The predicted octanol–water partition coefficient (Wildman–Crippen LogP) is 4.03. The summed E-state index contributed by atoms with van der Waals surface area (Å²) < 4.78 is 13.0. The van der Waals surface area contributed by atoms with Crippen LogP contribution in [-0.4, -0.2) is 23.5 Å². The fourth-order valence-electron chi connectivity index (χ4n) is 2.97. The first-order chi connectivity index (χ1) is 9.94. The largest absolute Gasteiger partial charge is 0.329 e. The zero-order chi connectivity index (χ0) is 15.5. The van der Waals surface area contributed by atoms with Gasteiger partial charge in [0.05, 0.1) is 5.54 Å². The van der Waals surface area contributed by atoms with Crippen LogP contribution in [0.2, 0.25) is 0 Å². The van der Waals surface area contributed by atoms with Crippen LogP contribution in [0.15, 0.2) is 24.3 Å². The van der Waals surface area contributed by atoms with E-state index in [1.54, 1.807) is 12.1 Å². The lowest BCUT2D eigenvalue weighted by atomic mass is 9.94. The van der Waals surface area contributed by atoms with E-state index < -0.39 is 5.54 Å². The Morgan fingerprint density at radius 1 is 1.33 bits per heavy atom. The van der Waals surface area contributed by atoms with Gasteiger partial charge in [-0.3, -0.25) is 0 Å². The molecule has 2 amide bonds. The van der Waals surface area contributed by atoms with Crippen molar-refractivity contribution in [3.05, 3.63) is 35.6 Å². The number of piperidine rings is 1. The molecular weight excluding hydrogens is 267 g/mol. The molecule has 4 heteroatoms. The van der Waals surface area contributed by atoms with E-state index in [0.29, 0.717) is 6.04 Å². The van der Waals surface area contributed by atoms with Crippen LogP contribution in [0.1, 0.15) is 52.0 Å². The van der Waals surface area contributed by atoms with Gasteiger partial charge >= 0.3 is 6.03 Å². The molecule has 1 atom stereocenters. The van der Waals surface area contributed by atoms with Gasteiger partial charge in [0.1, 0.15) is 5.82 Å². The molecule has 1 fully saturated rings. The Balaban J connectivity index is 2.08. The molecule has 1 unspecified atom stereocenters. The molecule has 21 heavy (non-hydrogen) atoms. The van der Waals surface area contributed by atoms with Crippen molar-refractivity contribution in [2.75, 3.05) is 6.54 Å². The fourth-order valence-corrected chi connectivity index (χ4v) is 2.97. The second-order valence-electron chi connectivity index (χ2n) is 6.31. The minimum absolute atomic E-state index is 0.0177. The van der Waals surface area contributed by atoms with Crippen LogP contribution in [0, 0.1) is 5.82 Å². The van der Waals surface area contributed by atoms with Gasteiger partial charge in [-0.1, -0.05) is 19.1 Å². The summed E-state index contributed by atoms with van der Waals surface area (Å²) in [5.74, 6) is -0.261. The van der Waals surface area contributed by atoms with Crippen LogP contribution in [0.3, 0.4) is 0 Å². The van der Waals surface area contributed by atoms with Crippen molar-refractivity contribution in [2.24, 2.45) is 0 Å². The molecule has 1 aromatic rings. The summed E-state index contributed by atoms with van der Waals surface area (Å²) in [7, 11) is 0. The number of nitrogens with zero attached hydrogens (tertiary/aromatic N) is 1. The number of benzene rings is 1. The third kappa shape index (κ3) is 3.74. The number of nitrogens with one attached hydrogen (secondary N) is 1. The highest BCUT2D eigenvalue weighted by molar-refractivity contribution is 5.75. The molecular formula is C17H25FN2O. The number of amides is 2. The maximum atomic E-state index is 13.0. The van der Waals surface area contributed by atoms with Gasteiger partial charge in [0.2, 0.25) is 0 Å². The van der Waals surface area contributed by atoms with Crippen LogP contribution < -0.4 is 5.32 Å². The SMILES string of the molecule is CCC1CCCCN1C(=O)NC(C)(C)c1ccc(F)cc1. The Morgan fingerprint density at radius 3 is 2.62 bits per heavy atom.